The highest BCUT2D eigenvalue weighted by Gasteiger charge is 2.33. The predicted molar refractivity (Wildman–Crippen MR) is 47.9 cm³/mol. The summed E-state index contributed by atoms with van der Waals surface area (Å²) >= 11 is 0. The van der Waals surface area contributed by atoms with Crippen LogP contribution in [0.3, 0.4) is 0 Å². The van der Waals surface area contributed by atoms with Gasteiger partial charge >= 0.3 is 0 Å². The molecule has 0 radical (unpaired) electrons. The fourth-order valence-electron chi connectivity index (χ4n) is 1.64. The van der Waals surface area contributed by atoms with Gasteiger partial charge in [-0.1, -0.05) is 0 Å². The molecule has 1 fully saturated rings. The number of aliphatic hydroxyl groups is 1. The van der Waals surface area contributed by atoms with E-state index in [-0.39, 0.29) is 30.7 Å². The van der Waals surface area contributed by atoms with Gasteiger partial charge in [0.2, 0.25) is 0 Å². The quantitative estimate of drug-likeness (QED) is 0.500. The third kappa shape index (κ3) is 4.27. The maximum atomic E-state index is 9.43. The van der Waals surface area contributed by atoms with Crippen LogP contribution in [0.15, 0.2) is 0 Å². The van der Waals surface area contributed by atoms with Gasteiger partial charge in [-0.15, -0.1) is 0 Å². The second kappa shape index (κ2) is 4.60. The van der Waals surface area contributed by atoms with Crippen LogP contribution >= 0.6 is 0 Å². The Kier molecular flexibility index (Phi) is 4.66. The molecule has 80 valence electrons. The number of nitrogens with zero attached hydrogens (tertiary/aromatic N) is 1. The molecule has 1 saturated heterocycles. The van der Waals surface area contributed by atoms with Crippen LogP contribution in [0.1, 0.15) is 13.3 Å². The van der Waals surface area contributed by atoms with Crippen molar-refractivity contribution in [3.8, 4) is 0 Å². The summed E-state index contributed by atoms with van der Waals surface area (Å²) in [6.45, 7) is 2.90. The van der Waals surface area contributed by atoms with E-state index in [0.29, 0.717) is 0 Å². The molecule has 4 heteroatoms. The molecule has 0 aromatic rings. The lowest BCUT2D eigenvalue weighted by Gasteiger charge is -2.26. The second-order valence-corrected chi connectivity index (χ2v) is 4.74. The standard InChI is InChI=1S/C9H20NO2.ClH/c1-7-9(11)5-8(12-7)6-10(2,3)4;/h7-9,11H,5-6H2,1-4H3;1H/q+1;/p-1/t7-,8-,9+;/m0./s1. The van der Waals surface area contributed by atoms with Crippen molar-refractivity contribution >= 4 is 0 Å². The third-order valence-electron chi connectivity index (χ3n) is 2.20. The van der Waals surface area contributed by atoms with E-state index in [9.17, 15) is 5.11 Å². The zero-order valence-corrected chi connectivity index (χ0v) is 9.58. The number of hydrogen-bond donors (Lipinski definition) is 1. The minimum absolute atomic E-state index is 0. The Hall–Kier alpha value is 0.170. The summed E-state index contributed by atoms with van der Waals surface area (Å²) < 4.78 is 6.48. The number of halogens is 1. The van der Waals surface area contributed by atoms with E-state index < -0.39 is 0 Å². The maximum absolute atomic E-state index is 9.43. The van der Waals surface area contributed by atoms with Crippen molar-refractivity contribution in [2.24, 2.45) is 0 Å². The summed E-state index contributed by atoms with van der Waals surface area (Å²) in [6.07, 6.45) is 0.773. The van der Waals surface area contributed by atoms with Gasteiger partial charge in [-0.25, -0.2) is 0 Å². The predicted octanol–water partition coefficient (Wildman–Crippen LogP) is -2.77. The average Bonchev–Trinajstić information content (AvgIpc) is 2.07. The molecule has 0 spiro atoms. The minimum atomic E-state index is -0.262. The first-order valence-corrected chi connectivity index (χ1v) is 4.52. The molecular formula is C9H20ClNO2. The monoisotopic (exact) mass is 209 g/mol. The molecule has 1 rings (SSSR count). The highest BCUT2D eigenvalue weighted by Crippen LogP contribution is 2.21. The summed E-state index contributed by atoms with van der Waals surface area (Å²) in [5, 5.41) is 9.43. The van der Waals surface area contributed by atoms with E-state index >= 15 is 0 Å². The molecule has 0 amide bonds. The van der Waals surface area contributed by atoms with Gasteiger partial charge < -0.3 is 26.7 Å². The Morgan fingerprint density at radius 2 is 1.92 bits per heavy atom. The largest absolute Gasteiger partial charge is 1.00 e. The van der Waals surface area contributed by atoms with Gasteiger partial charge in [0, 0.05) is 6.42 Å². The number of rotatable bonds is 2. The van der Waals surface area contributed by atoms with Gasteiger partial charge in [0.1, 0.15) is 12.6 Å². The normalized spacial score (nSPS) is 34.4. The van der Waals surface area contributed by atoms with Crippen molar-refractivity contribution < 1.29 is 26.7 Å². The van der Waals surface area contributed by atoms with Gasteiger partial charge in [-0.3, -0.25) is 0 Å². The number of ether oxygens (including phenoxy) is 1. The first-order chi connectivity index (χ1) is 5.38. The molecule has 0 unspecified atom stereocenters. The Bertz CT molecular complexity index is 148. The third-order valence-corrected chi connectivity index (χ3v) is 2.20. The summed E-state index contributed by atoms with van der Waals surface area (Å²) in [4.78, 5) is 0. The number of likely N-dealkylation sites (N-methyl/N-ethyl adjacent to an activating group) is 1. The number of hydrogen-bond acceptors (Lipinski definition) is 2. The summed E-state index contributed by atoms with van der Waals surface area (Å²) in [7, 11) is 6.41. The van der Waals surface area contributed by atoms with E-state index in [1.165, 1.54) is 0 Å². The maximum Gasteiger partial charge on any atom is 0.109 e. The molecule has 3 atom stereocenters. The number of quaternary nitrogens is 1. The first kappa shape index (κ1) is 13.2. The van der Waals surface area contributed by atoms with Gasteiger partial charge in [-0.05, 0) is 6.92 Å². The Balaban J connectivity index is 0.00000144. The van der Waals surface area contributed by atoms with Crippen molar-refractivity contribution in [1.29, 1.82) is 0 Å². The van der Waals surface area contributed by atoms with Gasteiger partial charge in [0.15, 0.2) is 0 Å². The van der Waals surface area contributed by atoms with Crippen LogP contribution in [0.2, 0.25) is 0 Å². The molecule has 1 N–H and O–H groups in total. The Morgan fingerprint density at radius 1 is 1.38 bits per heavy atom. The smallest absolute Gasteiger partial charge is 0.109 e. The lowest BCUT2D eigenvalue weighted by atomic mass is 10.1. The zero-order valence-electron chi connectivity index (χ0n) is 8.83. The van der Waals surface area contributed by atoms with E-state index in [1.807, 2.05) is 6.92 Å². The molecule has 0 aromatic heterocycles. The molecule has 1 heterocycles. The lowest BCUT2D eigenvalue weighted by molar-refractivity contribution is -0.873. The van der Waals surface area contributed by atoms with Crippen LogP contribution in [0, 0.1) is 0 Å². The van der Waals surface area contributed by atoms with Crippen LogP contribution in [0.5, 0.6) is 0 Å². The fraction of sp³-hybridized carbons (Fsp3) is 1.00. The topological polar surface area (TPSA) is 29.5 Å². The van der Waals surface area contributed by atoms with Crippen molar-refractivity contribution in [2.45, 2.75) is 31.7 Å². The van der Waals surface area contributed by atoms with E-state index in [1.54, 1.807) is 0 Å². The molecule has 0 saturated carbocycles. The average molecular weight is 210 g/mol. The van der Waals surface area contributed by atoms with Crippen molar-refractivity contribution in [3.63, 3.8) is 0 Å². The fourth-order valence-corrected chi connectivity index (χ4v) is 1.64. The van der Waals surface area contributed by atoms with Crippen LogP contribution < -0.4 is 12.4 Å². The first-order valence-electron chi connectivity index (χ1n) is 4.52. The molecule has 0 bridgehead atoms. The van der Waals surface area contributed by atoms with Crippen molar-refractivity contribution in [1.82, 2.24) is 0 Å². The molecule has 0 aromatic carbocycles. The van der Waals surface area contributed by atoms with Crippen LogP contribution in [0.25, 0.3) is 0 Å². The van der Waals surface area contributed by atoms with Crippen molar-refractivity contribution in [3.05, 3.63) is 0 Å². The summed E-state index contributed by atoms with van der Waals surface area (Å²) in [5.74, 6) is 0. The van der Waals surface area contributed by atoms with Crippen molar-refractivity contribution in [2.75, 3.05) is 27.7 Å². The highest BCUT2D eigenvalue weighted by molar-refractivity contribution is 4.78. The van der Waals surface area contributed by atoms with Crippen LogP contribution in [-0.2, 0) is 4.74 Å². The van der Waals surface area contributed by atoms with Crippen LogP contribution in [0.4, 0.5) is 0 Å². The van der Waals surface area contributed by atoms with Gasteiger partial charge in [0.05, 0.1) is 33.4 Å². The highest BCUT2D eigenvalue weighted by atomic mass is 35.5. The Morgan fingerprint density at radius 3 is 2.23 bits per heavy atom. The van der Waals surface area contributed by atoms with E-state index in [2.05, 4.69) is 21.1 Å². The molecule has 1 aliphatic rings. The molecule has 3 nitrogen and oxygen atoms in total. The molecule has 0 aliphatic carbocycles. The van der Waals surface area contributed by atoms with Crippen LogP contribution in [-0.4, -0.2) is 55.6 Å². The summed E-state index contributed by atoms with van der Waals surface area (Å²) in [6, 6.07) is 0. The van der Waals surface area contributed by atoms with Gasteiger partial charge in [-0.2, -0.15) is 0 Å². The zero-order chi connectivity index (χ0) is 9.35. The Labute approximate surface area is 86.7 Å². The number of aliphatic hydroxyl groups excluding tert-OH is 1. The van der Waals surface area contributed by atoms with E-state index in [0.717, 1.165) is 17.4 Å². The minimum Gasteiger partial charge on any atom is -1.00 e. The molecular weight excluding hydrogens is 190 g/mol. The summed E-state index contributed by atoms with van der Waals surface area (Å²) in [5.41, 5.74) is 0. The molecule has 1 aliphatic heterocycles. The lowest BCUT2D eigenvalue weighted by Crippen LogP contribution is -3.00. The molecule has 13 heavy (non-hydrogen) atoms. The second-order valence-electron chi connectivity index (χ2n) is 4.74. The van der Waals surface area contributed by atoms with E-state index in [4.69, 9.17) is 4.74 Å². The van der Waals surface area contributed by atoms with Gasteiger partial charge in [0.25, 0.3) is 0 Å². The SMILES string of the molecule is C[C@@H]1O[C@H](C[N+](C)(C)C)C[C@H]1O.[Cl-].